The van der Waals surface area contributed by atoms with Gasteiger partial charge in [-0.05, 0) is 64.2 Å². The topological polar surface area (TPSA) is 4.41 Å². The van der Waals surface area contributed by atoms with Crippen LogP contribution in [0.3, 0.4) is 0 Å². The smallest absolute Gasteiger partial charge is 0.0627 e. The van der Waals surface area contributed by atoms with Crippen molar-refractivity contribution in [2.24, 2.45) is 0 Å². The van der Waals surface area contributed by atoms with E-state index in [2.05, 4.69) is 73.7 Å². The van der Waals surface area contributed by atoms with Gasteiger partial charge in [-0.15, -0.1) is 0 Å². The lowest BCUT2D eigenvalue weighted by atomic mass is 9.86. The first kappa shape index (κ1) is 17.4. The Hall–Kier alpha value is -2.48. The van der Waals surface area contributed by atoms with Gasteiger partial charge in [-0.1, -0.05) is 62.2 Å². The molecule has 0 bridgehead atoms. The minimum Gasteiger partial charge on any atom is -0.308 e. The quantitative estimate of drug-likeness (QED) is 0.234. The summed E-state index contributed by atoms with van der Waals surface area (Å²) < 4.78 is 2.37. The van der Waals surface area contributed by atoms with Gasteiger partial charge >= 0.3 is 0 Å². The minimum absolute atomic E-state index is 0.0823. The van der Waals surface area contributed by atoms with Crippen LogP contribution in [0.15, 0.2) is 60.7 Å². The van der Waals surface area contributed by atoms with E-state index in [0.29, 0.717) is 0 Å². The molecule has 2 aromatic heterocycles. The van der Waals surface area contributed by atoms with Gasteiger partial charge in [-0.2, -0.15) is 0 Å². The zero-order valence-electron chi connectivity index (χ0n) is 16.5. The Labute approximate surface area is 178 Å². The number of halogens is 2. The minimum atomic E-state index is 0.0823. The Morgan fingerprint density at radius 3 is 2.21 bits per heavy atom. The van der Waals surface area contributed by atoms with Gasteiger partial charge in [0.2, 0.25) is 0 Å². The fourth-order valence-electron chi connectivity index (χ4n) is 4.75. The lowest BCUT2D eigenvalue weighted by Crippen LogP contribution is -2.10. The molecule has 0 fully saturated rings. The molecule has 0 spiro atoms. The molecule has 0 aliphatic heterocycles. The van der Waals surface area contributed by atoms with Crippen LogP contribution in [0.2, 0.25) is 10.0 Å². The van der Waals surface area contributed by atoms with Crippen LogP contribution in [0, 0.1) is 0 Å². The van der Waals surface area contributed by atoms with E-state index in [-0.39, 0.29) is 5.41 Å². The van der Waals surface area contributed by atoms with E-state index >= 15 is 0 Å². The van der Waals surface area contributed by atoms with Crippen molar-refractivity contribution >= 4 is 72.1 Å². The lowest BCUT2D eigenvalue weighted by molar-refractivity contribution is 0.591. The van der Waals surface area contributed by atoms with Gasteiger partial charge in [0.1, 0.15) is 0 Å². The third kappa shape index (κ3) is 2.29. The molecule has 0 saturated heterocycles. The van der Waals surface area contributed by atoms with Crippen molar-refractivity contribution in [3.8, 4) is 0 Å². The highest BCUT2D eigenvalue weighted by atomic mass is 35.5. The number of nitrogens with zero attached hydrogens (tertiary/aromatic N) is 1. The van der Waals surface area contributed by atoms with E-state index in [4.69, 9.17) is 23.2 Å². The predicted molar refractivity (Wildman–Crippen MR) is 127 cm³/mol. The highest BCUT2D eigenvalue weighted by molar-refractivity contribution is 6.36. The first-order chi connectivity index (χ1) is 13.8. The third-order valence-corrected chi connectivity index (χ3v) is 6.63. The SMILES string of the molecule is CC(C)(C)c1ccc2c(c1)c1c3cc(Cl)ccc3cc3c4ccc(Cl)cc4n2c31. The largest absolute Gasteiger partial charge is 0.308 e. The first-order valence-electron chi connectivity index (χ1n) is 9.84. The zero-order valence-corrected chi connectivity index (χ0v) is 18.0. The van der Waals surface area contributed by atoms with Crippen LogP contribution in [0.25, 0.3) is 48.9 Å². The van der Waals surface area contributed by atoms with Crippen LogP contribution in [0.1, 0.15) is 26.3 Å². The molecule has 0 atom stereocenters. The van der Waals surface area contributed by atoms with Gasteiger partial charge in [-0.3, -0.25) is 0 Å². The molecule has 0 aliphatic carbocycles. The van der Waals surface area contributed by atoms with Crippen molar-refractivity contribution < 1.29 is 0 Å². The second-order valence-electron chi connectivity index (χ2n) is 8.99. The Bertz CT molecular complexity index is 1600. The Balaban J connectivity index is 1.98. The van der Waals surface area contributed by atoms with Crippen LogP contribution in [0.4, 0.5) is 0 Å². The summed E-state index contributed by atoms with van der Waals surface area (Å²) in [4.78, 5) is 0. The van der Waals surface area contributed by atoms with E-state index in [1.165, 1.54) is 48.9 Å². The van der Waals surface area contributed by atoms with Gasteiger partial charge in [0, 0.05) is 31.6 Å². The second kappa shape index (κ2) is 5.56. The fourth-order valence-corrected chi connectivity index (χ4v) is 5.09. The molecule has 0 saturated carbocycles. The fraction of sp³-hybridized carbons (Fsp3) is 0.154. The Kier molecular flexibility index (Phi) is 3.33. The maximum atomic E-state index is 6.42. The van der Waals surface area contributed by atoms with Gasteiger partial charge < -0.3 is 4.40 Å². The molecule has 142 valence electrons. The molecule has 2 heterocycles. The molecule has 0 unspecified atom stereocenters. The first-order valence-corrected chi connectivity index (χ1v) is 10.6. The monoisotopic (exact) mass is 415 g/mol. The van der Waals surface area contributed by atoms with Crippen LogP contribution in [-0.4, -0.2) is 4.40 Å². The average Bonchev–Trinajstić information content (AvgIpc) is 3.17. The highest BCUT2D eigenvalue weighted by Gasteiger charge is 2.22. The Morgan fingerprint density at radius 1 is 0.655 bits per heavy atom. The standard InChI is InChI=1S/C26H19Cl2N/c1-26(2,3)15-5-9-22-21(11-15)24-19-12-16(27)6-4-14(19)10-20-18-8-7-17(28)13-23(18)29(22)25(20)24/h4-13H,1-3H3. The molecule has 0 aliphatic rings. The summed E-state index contributed by atoms with van der Waals surface area (Å²) in [7, 11) is 0. The molecular formula is C26H19Cl2N. The number of rotatable bonds is 0. The van der Waals surface area contributed by atoms with Crippen LogP contribution >= 0.6 is 23.2 Å². The van der Waals surface area contributed by atoms with E-state index in [1.807, 2.05) is 12.1 Å². The molecule has 4 aromatic carbocycles. The van der Waals surface area contributed by atoms with E-state index in [0.717, 1.165) is 15.6 Å². The van der Waals surface area contributed by atoms with Crippen molar-refractivity contribution in [1.29, 1.82) is 0 Å². The third-order valence-electron chi connectivity index (χ3n) is 6.16. The normalized spacial score (nSPS) is 13.0. The van der Waals surface area contributed by atoms with Crippen LogP contribution in [0.5, 0.6) is 0 Å². The summed E-state index contributed by atoms with van der Waals surface area (Å²) in [6.45, 7) is 6.78. The molecule has 0 amide bonds. The summed E-state index contributed by atoms with van der Waals surface area (Å²) >= 11 is 12.8. The number of aromatic nitrogens is 1. The van der Waals surface area contributed by atoms with Crippen molar-refractivity contribution in [1.82, 2.24) is 4.40 Å². The van der Waals surface area contributed by atoms with Crippen molar-refractivity contribution in [2.45, 2.75) is 26.2 Å². The second-order valence-corrected chi connectivity index (χ2v) is 9.86. The van der Waals surface area contributed by atoms with E-state index in [9.17, 15) is 0 Å². The molecule has 3 heteroatoms. The molecule has 0 radical (unpaired) electrons. The molecule has 1 nitrogen and oxygen atoms in total. The van der Waals surface area contributed by atoms with Gasteiger partial charge in [0.15, 0.2) is 0 Å². The molecule has 6 aromatic rings. The van der Waals surface area contributed by atoms with Crippen molar-refractivity contribution in [3.63, 3.8) is 0 Å². The zero-order chi connectivity index (χ0) is 20.1. The number of hydrogen-bond donors (Lipinski definition) is 0. The summed E-state index contributed by atoms with van der Waals surface area (Å²) in [6, 6.07) is 21.5. The van der Waals surface area contributed by atoms with Crippen molar-refractivity contribution in [3.05, 3.63) is 76.3 Å². The highest BCUT2D eigenvalue weighted by Crippen LogP contribution is 2.44. The summed E-state index contributed by atoms with van der Waals surface area (Å²) in [5, 5.41) is 8.96. The van der Waals surface area contributed by atoms with Crippen LogP contribution < -0.4 is 0 Å². The average molecular weight is 416 g/mol. The van der Waals surface area contributed by atoms with Crippen molar-refractivity contribution in [2.75, 3.05) is 0 Å². The molecular weight excluding hydrogens is 397 g/mol. The van der Waals surface area contributed by atoms with Gasteiger partial charge in [0.25, 0.3) is 0 Å². The maximum absolute atomic E-state index is 6.42. The van der Waals surface area contributed by atoms with Crippen LogP contribution in [-0.2, 0) is 5.41 Å². The maximum Gasteiger partial charge on any atom is 0.0627 e. The number of fused-ring (bicyclic) bond motifs is 8. The Morgan fingerprint density at radius 2 is 1.41 bits per heavy atom. The lowest BCUT2D eigenvalue weighted by Gasteiger charge is -2.19. The summed E-state index contributed by atoms with van der Waals surface area (Å²) in [6.07, 6.45) is 0. The van der Waals surface area contributed by atoms with E-state index in [1.54, 1.807) is 0 Å². The predicted octanol–water partition coefficient (Wildman–Crippen LogP) is 8.59. The number of hydrogen-bond acceptors (Lipinski definition) is 0. The van der Waals surface area contributed by atoms with Gasteiger partial charge in [-0.25, -0.2) is 0 Å². The summed E-state index contributed by atoms with van der Waals surface area (Å²) in [5.74, 6) is 0. The van der Waals surface area contributed by atoms with Gasteiger partial charge in [0.05, 0.1) is 16.6 Å². The summed E-state index contributed by atoms with van der Waals surface area (Å²) in [5.41, 5.74) is 5.02. The molecule has 0 N–H and O–H groups in total. The number of benzene rings is 4. The molecule has 6 rings (SSSR count). The van der Waals surface area contributed by atoms with E-state index < -0.39 is 0 Å². The molecule has 29 heavy (non-hydrogen) atoms.